The van der Waals surface area contributed by atoms with Gasteiger partial charge < -0.3 is 10.1 Å². The fourth-order valence-electron chi connectivity index (χ4n) is 3.72. The number of hydrogen-bond acceptors (Lipinski definition) is 3. The second-order valence-electron chi connectivity index (χ2n) is 7.41. The highest BCUT2D eigenvalue weighted by Gasteiger charge is 2.25. The first kappa shape index (κ1) is 20.7. The van der Waals surface area contributed by atoms with Crippen LogP contribution in [0.15, 0.2) is 48.5 Å². The first-order chi connectivity index (χ1) is 13.7. The summed E-state index contributed by atoms with van der Waals surface area (Å²) in [7, 11) is 1.67. The van der Waals surface area contributed by atoms with E-state index in [9.17, 15) is 4.79 Å². The third-order valence-electron chi connectivity index (χ3n) is 5.33. The lowest BCUT2D eigenvalue weighted by molar-refractivity contribution is -0.126. The van der Waals surface area contributed by atoms with Gasteiger partial charge in [-0.15, -0.1) is 0 Å². The van der Waals surface area contributed by atoms with E-state index >= 15 is 0 Å². The van der Waals surface area contributed by atoms with Gasteiger partial charge >= 0.3 is 0 Å². The maximum atomic E-state index is 12.6. The lowest BCUT2D eigenvalue weighted by atomic mass is 9.96. The number of methoxy groups -OCH3 is 1. The molecule has 0 spiro atoms. The van der Waals surface area contributed by atoms with Gasteiger partial charge in [0.05, 0.1) is 13.0 Å². The number of nitrogens with zero attached hydrogens (tertiary/aromatic N) is 1. The second kappa shape index (κ2) is 10.5. The van der Waals surface area contributed by atoms with Crippen molar-refractivity contribution in [3.63, 3.8) is 0 Å². The highest BCUT2D eigenvalue weighted by Crippen LogP contribution is 2.22. The van der Waals surface area contributed by atoms with Gasteiger partial charge in [0.15, 0.2) is 0 Å². The molecular formula is C23H29ClN2O2. The fourth-order valence-corrected chi connectivity index (χ4v) is 3.92. The third-order valence-corrected chi connectivity index (χ3v) is 5.70. The molecule has 3 rings (SSSR count). The first-order valence-electron chi connectivity index (χ1n) is 10.0. The number of halogens is 1. The van der Waals surface area contributed by atoms with Gasteiger partial charge in [-0.05, 0) is 61.6 Å². The van der Waals surface area contributed by atoms with Crippen LogP contribution in [0, 0.1) is 5.92 Å². The molecule has 0 unspecified atom stereocenters. The van der Waals surface area contributed by atoms with E-state index < -0.39 is 0 Å². The number of rotatable bonds is 8. The summed E-state index contributed by atoms with van der Waals surface area (Å²) in [6.45, 7) is 3.34. The molecule has 0 aromatic heterocycles. The normalized spacial score (nSPS) is 17.3. The standard InChI is InChI=1S/C23H29ClN2O2/c1-28-21-12-10-18(11-13-21)6-4-14-25-23(27)20-8-5-15-26(17-20)16-19-7-2-3-9-22(19)24/h2-3,7,9-13,20H,4-6,8,14-17H2,1H3,(H,25,27)/t20-/m0/s1. The van der Waals surface area contributed by atoms with Crippen LogP contribution in [0.2, 0.25) is 5.02 Å². The molecule has 2 aromatic rings. The van der Waals surface area contributed by atoms with E-state index in [2.05, 4.69) is 28.4 Å². The predicted octanol–water partition coefficient (Wildman–Crippen LogP) is 4.31. The van der Waals surface area contributed by atoms with Crippen LogP contribution in [0.1, 0.15) is 30.4 Å². The molecule has 1 N–H and O–H groups in total. The maximum absolute atomic E-state index is 12.6. The molecular weight excluding hydrogens is 372 g/mol. The molecule has 1 saturated heterocycles. The van der Waals surface area contributed by atoms with Gasteiger partial charge in [-0.3, -0.25) is 9.69 Å². The molecule has 5 heteroatoms. The summed E-state index contributed by atoms with van der Waals surface area (Å²) in [5.41, 5.74) is 2.39. The van der Waals surface area contributed by atoms with Gasteiger partial charge in [0.25, 0.3) is 0 Å². The highest BCUT2D eigenvalue weighted by atomic mass is 35.5. The van der Waals surface area contributed by atoms with Crippen LogP contribution in [-0.4, -0.2) is 37.6 Å². The Bertz CT molecular complexity index is 763. The Balaban J connectivity index is 1.40. The largest absolute Gasteiger partial charge is 0.497 e. The minimum absolute atomic E-state index is 0.0669. The Kier molecular flexibility index (Phi) is 7.75. The zero-order valence-electron chi connectivity index (χ0n) is 16.5. The molecule has 1 fully saturated rings. The van der Waals surface area contributed by atoms with E-state index in [1.54, 1.807) is 7.11 Å². The second-order valence-corrected chi connectivity index (χ2v) is 7.82. The summed E-state index contributed by atoms with van der Waals surface area (Å²) in [5.74, 6) is 1.12. The Labute approximate surface area is 172 Å². The van der Waals surface area contributed by atoms with Gasteiger partial charge in [0.1, 0.15) is 5.75 Å². The summed E-state index contributed by atoms with van der Waals surface area (Å²) in [6.07, 6.45) is 3.90. The first-order valence-corrected chi connectivity index (χ1v) is 10.4. The Morgan fingerprint density at radius 2 is 2.00 bits per heavy atom. The van der Waals surface area contributed by atoms with Gasteiger partial charge in [-0.25, -0.2) is 0 Å². The summed E-state index contributed by atoms with van der Waals surface area (Å²) in [5, 5.41) is 3.92. The number of nitrogens with one attached hydrogen (secondary N) is 1. The van der Waals surface area contributed by atoms with Crippen molar-refractivity contribution in [2.75, 3.05) is 26.7 Å². The molecule has 1 aliphatic rings. The van der Waals surface area contributed by atoms with Crippen molar-refractivity contribution in [2.24, 2.45) is 5.92 Å². The molecule has 4 nitrogen and oxygen atoms in total. The lowest BCUT2D eigenvalue weighted by Gasteiger charge is -2.32. The van der Waals surface area contributed by atoms with Gasteiger partial charge in [-0.1, -0.05) is 41.9 Å². The third kappa shape index (κ3) is 5.98. The number of amides is 1. The van der Waals surface area contributed by atoms with Crippen LogP contribution < -0.4 is 10.1 Å². The SMILES string of the molecule is COc1ccc(CCCNC(=O)[C@H]2CCCN(Cc3ccccc3Cl)C2)cc1. The van der Waals surface area contributed by atoms with Crippen molar-refractivity contribution in [1.82, 2.24) is 10.2 Å². The molecule has 0 aliphatic carbocycles. The molecule has 150 valence electrons. The van der Waals surface area contributed by atoms with Crippen molar-refractivity contribution in [3.05, 3.63) is 64.7 Å². The van der Waals surface area contributed by atoms with Crippen molar-refractivity contribution in [1.29, 1.82) is 0 Å². The molecule has 1 amide bonds. The van der Waals surface area contributed by atoms with Crippen LogP contribution in [0.3, 0.4) is 0 Å². The fraction of sp³-hybridized carbons (Fsp3) is 0.435. The summed E-state index contributed by atoms with van der Waals surface area (Å²) in [6, 6.07) is 16.1. The zero-order chi connectivity index (χ0) is 19.8. The predicted molar refractivity (Wildman–Crippen MR) is 114 cm³/mol. The number of carbonyl (C=O) groups is 1. The lowest BCUT2D eigenvalue weighted by Crippen LogP contribution is -2.43. The van der Waals surface area contributed by atoms with Crippen molar-refractivity contribution in [3.8, 4) is 5.75 Å². The average Bonchev–Trinajstić information content (AvgIpc) is 2.73. The van der Waals surface area contributed by atoms with Gasteiger partial charge in [0.2, 0.25) is 5.91 Å². The Hall–Kier alpha value is -2.04. The number of hydrogen-bond donors (Lipinski definition) is 1. The van der Waals surface area contributed by atoms with Crippen LogP contribution >= 0.6 is 11.6 Å². The summed E-state index contributed by atoms with van der Waals surface area (Å²) in [4.78, 5) is 14.9. The maximum Gasteiger partial charge on any atom is 0.224 e. The molecule has 0 bridgehead atoms. The summed E-state index contributed by atoms with van der Waals surface area (Å²) < 4.78 is 5.18. The molecule has 2 aromatic carbocycles. The zero-order valence-corrected chi connectivity index (χ0v) is 17.3. The minimum Gasteiger partial charge on any atom is -0.497 e. The number of ether oxygens (including phenoxy) is 1. The number of benzene rings is 2. The van der Waals surface area contributed by atoms with E-state index in [0.717, 1.165) is 61.7 Å². The minimum atomic E-state index is 0.0669. The number of carbonyl (C=O) groups excluding carboxylic acids is 1. The average molecular weight is 401 g/mol. The summed E-state index contributed by atoms with van der Waals surface area (Å²) >= 11 is 6.28. The smallest absolute Gasteiger partial charge is 0.224 e. The molecule has 0 radical (unpaired) electrons. The van der Waals surface area contributed by atoms with Crippen LogP contribution in [0.5, 0.6) is 5.75 Å². The quantitative estimate of drug-likeness (QED) is 0.671. The number of aryl methyl sites for hydroxylation is 1. The van der Waals surface area contributed by atoms with Crippen LogP contribution in [-0.2, 0) is 17.8 Å². The van der Waals surface area contributed by atoms with E-state index in [1.807, 2.05) is 30.3 Å². The van der Waals surface area contributed by atoms with Gasteiger partial charge in [0, 0.05) is 24.7 Å². The molecule has 0 saturated carbocycles. The molecule has 1 atom stereocenters. The van der Waals surface area contributed by atoms with Gasteiger partial charge in [-0.2, -0.15) is 0 Å². The Morgan fingerprint density at radius 3 is 2.75 bits per heavy atom. The van der Waals surface area contributed by atoms with E-state index in [-0.39, 0.29) is 11.8 Å². The van der Waals surface area contributed by atoms with Crippen molar-refractivity contribution < 1.29 is 9.53 Å². The van der Waals surface area contributed by atoms with Crippen molar-refractivity contribution >= 4 is 17.5 Å². The van der Waals surface area contributed by atoms with Crippen LogP contribution in [0.4, 0.5) is 0 Å². The van der Waals surface area contributed by atoms with E-state index in [1.165, 1.54) is 5.56 Å². The van der Waals surface area contributed by atoms with E-state index in [4.69, 9.17) is 16.3 Å². The monoisotopic (exact) mass is 400 g/mol. The van der Waals surface area contributed by atoms with Crippen molar-refractivity contribution in [2.45, 2.75) is 32.2 Å². The van der Waals surface area contributed by atoms with E-state index in [0.29, 0.717) is 6.54 Å². The molecule has 1 aliphatic heterocycles. The number of likely N-dealkylation sites (tertiary alicyclic amines) is 1. The topological polar surface area (TPSA) is 41.6 Å². The highest BCUT2D eigenvalue weighted by molar-refractivity contribution is 6.31. The Morgan fingerprint density at radius 1 is 1.21 bits per heavy atom. The molecule has 1 heterocycles. The van der Waals surface area contributed by atoms with Crippen LogP contribution in [0.25, 0.3) is 0 Å². The molecule has 28 heavy (non-hydrogen) atoms. The number of piperidine rings is 1.